The van der Waals surface area contributed by atoms with Gasteiger partial charge in [-0.25, -0.2) is 0 Å². The summed E-state index contributed by atoms with van der Waals surface area (Å²) in [5.41, 5.74) is 0.589. The summed E-state index contributed by atoms with van der Waals surface area (Å²) >= 11 is 0. The SMILES string of the molecule is CCOCC[N+](C)(C)C(Oc1ccccc1)(c1ccccc1)C(C)(C)CC(C)(C)C.[Cl-]. The summed E-state index contributed by atoms with van der Waals surface area (Å²) in [4.78, 5) is 0. The fourth-order valence-corrected chi connectivity index (χ4v) is 5.24. The van der Waals surface area contributed by atoms with E-state index in [0.29, 0.717) is 11.1 Å². The van der Waals surface area contributed by atoms with E-state index >= 15 is 0 Å². The van der Waals surface area contributed by atoms with Crippen molar-refractivity contribution in [1.82, 2.24) is 0 Å². The van der Waals surface area contributed by atoms with Crippen molar-refractivity contribution in [3.63, 3.8) is 0 Å². The van der Waals surface area contributed by atoms with Crippen LogP contribution in [-0.4, -0.2) is 38.3 Å². The van der Waals surface area contributed by atoms with E-state index in [0.717, 1.165) is 25.3 Å². The van der Waals surface area contributed by atoms with E-state index in [-0.39, 0.29) is 23.2 Å². The van der Waals surface area contributed by atoms with Crippen LogP contribution in [0.5, 0.6) is 5.75 Å². The van der Waals surface area contributed by atoms with E-state index in [9.17, 15) is 0 Å². The summed E-state index contributed by atoms with van der Waals surface area (Å²) in [5, 5.41) is 0. The molecule has 1 unspecified atom stereocenters. The van der Waals surface area contributed by atoms with E-state index in [1.807, 2.05) is 18.2 Å². The number of ether oxygens (including phenoxy) is 2. The molecule has 3 nitrogen and oxygen atoms in total. The third kappa shape index (κ3) is 6.47. The van der Waals surface area contributed by atoms with Gasteiger partial charge < -0.3 is 21.9 Å². The van der Waals surface area contributed by atoms with Gasteiger partial charge in [-0.05, 0) is 56.9 Å². The van der Waals surface area contributed by atoms with Crippen molar-refractivity contribution in [3.05, 3.63) is 66.2 Å². The molecule has 0 amide bonds. The lowest BCUT2D eigenvalue weighted by Gasteiger charge is -2.56. The average molecular weight is 448 g/mol. The van der Waals surface area contributed by atoms with Crippen LogP contribution >= 0.6 is 0 Å². The molecule has 1 atom stereocenters. The molecule has 31 heavy (non-hydrogen) atoms. The maximum absolute atomic E-state index is 7.11. The summed E-state index contributed by atoms with van der Waals surface area (Å²) in [6.45, 7) is 16.0. The predicted octanol–water partition coefficient (Wildman–Crippen LogP) is 3.50. The first-order valence-electron chi connectivity index (χ1n) is 11.2. The Morgan fingerprint density at radius 3 is 1.81 bits per heavy atom. The Kier molecular flexibility index (Phi) is 9.62. The Balaban J connectivity index is 0.00000480. The zero-order valence-electron chi connectivity index (χ0n) is 20.7. The van der Waals surface area contributed by atoms with Crippen molar-refractivity contribution < 1.29 is 26.4 Å². The number of rotatable bonds is 10. The summed E-state index contributed by atoms with van der Waals surface area (Å²) in [7, 11) is 4.55. The van der Waals surface area contributed by atoms with Crippen molar-refractivity contribution in [2.45, 2.75) is 53.7 Å². The third-order valence-corrected chi connectivity index (χ3v) is 5.91. The van der Waals surface area contributed by atoms with Crippen molar-refractivity contribution >= 4 is 0 Å². The molecule has 0 saturated heterocycles. The summed E-state index contributed by atoms with van der Waals surface area (Å²) in [5.74, 6) is 0.894. The molecule has 174 valence electrons. The number of hydrogen-bond acceptors (Lipinski definition) is 2. The van der Waals surface area contributed by atoms with Crippen LogP contribution in [-0.2, 0) is 10.5 Å². The molecule has 0 spiro atoms. The lowest BCUT2D eigenvalue weighted by atomic mass is 9.66. The molecule has 2 aromatic carbocycles. The molecule has 0 fully saturated rings. The quantitative estimate of drug-likeness (QED) is 0.315. The van der Waals surface area contributed by atoms with Gasteiger partial charge in [0, 0.05) is 6.61 Å². The van der Waals surface area contributed by atoms with Gasteiger partial charge in [0.25, 0.3) is 5.72 Å². The van der Waals surface area contributed by atoms with Gasteiger partial charge in [-0.1, -0.05) is 57.2 Å². The van der Waals surface area contributed by atoms with Gasteiger partial charge >= 0.3 is 0 Å². The van der Waals surface area contributed by atoms with Crippen molar-refractivity contribution in [3.8, 4) is 5.75 Å². The standard InChI is InChI=1S/C27H42NO2.ClH/c1-9-29-21-20-28(7,8)27(23-16-12-10-13-17-23,26(5,6)22-25(2,3)4)30-24-18-14-11-15-19-24;/h10-19H,9,20-22H2,1-8H3;1H/q+1;/p-1. The Bertz CT molecular complexity index is 769. The highest BCUT2D eigenvalue weighted by Gasteiger charge is 2.61. The number of quaternary nitrogens is 1. The minimum Gasteiger partial charge on any atom is -1.00 e. The van der Waals surface area contributed by atoms with Crippen LogP contribution in [0.1, 0.15) is 53.5 Å². The molecule has 0 aliphatic heterocycles. The van der Waals surface area contributed by atoms with E-state index in [1.165, 1.54) is 5.56 Å². The first kappa shape index (κ1) is 27.5. The fourth-order valence-electron chi connectivity index (χ4n) is 5.24. The molecule has 0 aromatic heterocycles. The Morgan fingerprint density at radius 2 is 1.32 bits per heavy atom. The Hall–Kier alpha value is -1.55. The molecule has 0 saturated carbocycles. The normalized spacial score (nSPS) is 14.5. The number of para-hydroxylation sites is 1. The summed E-state index contributed by atoms with van der Waals surface area (Å²) < 4.78 is 13.6. The van der Waals surface area contributed by atoms with E-state index in [4.69, 9.17) is 9.47 Å². The fraction of sp³-hybridized carbons (Fsp3) is 0.556. The molecule has 0 aliphatic carbocycles. The van der Waals surface area contributed by atoms with Crippen molar-refractivity contribution in [2.24, 2.45) is 10.8 Å². The van der Waals surface area contributed by atoms with Crippen molar-refractivity contribution in [1.29, 1.82) is 0 Å². The van der Waals surface area contributed by atoms with Crippen LogP contribution in [0.3, 0.4) is 0 Å². The van der Waals surface area contributed by atoms with Gasteiger partial charge in [0.05, 0.1) is 31.7 Å². The molecule has 0 bridgehead atoms. The molecular weight excluding hydrogens is 406 g/mol. The number of likely N-dealkylation sites (N-methyl/N-ethyl adjacent to an activating group) is 1. The zero-order valence-corrected chi connectivity index (χ0v) is 21.5. The zero-order chi connectivity index (χ0) is 22.5. The number of nitrogens with zero attached hydrogens (tertiary/aromatic N) is 1. The number of hydrogen-bond donors (Lipinski definition) is 0. The van der Waals surface area contributed by atoms with Crippen LogP contribution in [0.25, 0.3) is 0 Å². The van der Waals surface area contributed by atoms with Crippen LogP contribution in [0.15, 0.2) is 60.7 Å². The average Bonchev–Trinajstić information content (AvgIpc) is 2.65. The summed E-state index contributed by atoms with van der Waals surface area (Å²) in [6.07, 6.45) is 1.01. The topological polar surface area (TPSA) is 18.5 Å². The van der Waals surface area contributed by atoms with Gasteiger partial charge in [-0.2, -0.15) is 0 Å². The smallest absolute Gasteiger partial charge is 0.274 e. The molecule has 0 N–H and O–H groups in total. The Morgan fingerprint density at radius 1 is 0.806 bits per heavy atom. The van der Waals surface area contributed by atoms with Crippen molar-refractivity contribution in [2.75, 3.05) is 33.9 Å². The largest absolute Gasteiger partial charge is 1.00 e. The highest BCUT2D eigenvalue weighted by atomic mass is 35.5. The minimum absolute atomic E-state index is 0. The van der Waals surface area contributed by atoms with Gasteiger partial charge in [-0.3, -0.25) is 4.48 Å². The lowest BCUT2D eigenvalue weighted by Crippen LogP contribution is -3.00. The minimum atomic E-state index is -0.597. The van der Waals surface area contributed by atoms with E-state index in [2.05, 4.69) is 98.1 Å². The monoisotopic (exact) mass is 447 g/mol. The van der Waals surface area contributed by atoms with Crippen LogP contribution in [0.4, 0.5) is 0 Å². The third-order valence-electron chi connectivity index (χ3n) is 5.91. The molecule has 0 heterocycles. The van der Waals surface area contributed by atoms with Gasteiger partial charge in [0.1, 0.15) is 12.3 Å². The highest BCUT2D eigenvalue weighted by Crippen LogP contribution is 2.53. The van der Waals surface area contributed by atoms with Crippen LogP contribution < -0.4 is 17.1 Å². The number of halogens is 1. The molecule has 2 aromatic rings. The second-order valence-electron chi connectivity index (χ2n) is 10.7. The first-order valence-corrected chi connectivity index (χ1v) is 11.2. The molecule has 2 rings (SSSR count). The second kappa shape index (κ2) is 10.8. The first-order chi connectivity index (χ1) is 14.0. The molecule has 0 aliphatic rings. The van der Waals surface area contributed by atoms with Gasteiger partial charge in [0.2, 0.25) is 0 Å². The second-order valence-corrected chi connectivity index (χ2v) is 10.7. The number of benzene rings is 2. The predicted molar refractivity (Wildman–Crippen MR) is 127 cm³/mol. The van der Waals surface area contributed by atoms with Gasteiger partial charge in [0.15, 0.2) is 0 Å². The van der Waals surface area contributed by atoms with E-state index < -0.39 is 5.72 Å². The highest BCUT2D eigenvalue weighted by molar-refractivity contribution is 5.28. The molecule has 4 heteroatoms. The molecular formula is C27H42ClNO2. The Labute approximate surface area is 196 Å². The van der Waals surface area contributed by atoms with Crippen LogP contribution in [0, 0.1) is 10.8 Å². The maximum Gasteiger partial charge on any atom is 0.274 e. The molecule has 0 radical (unpaired) electrons. The maximum atomic E-state index is 7.11. The van der Waals surface area contributed by atoms with Crippen LogP contribution in [0.2, 0.25) is 0 Å². The summed E-state index contributed by atoms with van der Waals surface area (Å²) in [6, 6.07) is 21.0. The lowest BCUT2D eigenvalue weighted by molar-refractivity contribution is -0.982. The van der Waals surface area contributed by atoms with Gasteiger partial charge in [-0.15, -0.1) is 0 Å². The van der Waals surface area contributed by atoms with E-state index in [1.54, 1.807) is 0 Å².